The van der Waals surface area contributed by atoms with E-state index in [1.165, 1.54) is 0 Å². The molecule has 0 saturated carbocycles. The molecule has 0 aliphatic rings. The molecule has 21 heavy (non-hydrogen) atoms. The molecule has 4 nitrogen and oxygen atoms in total. The number of hydrogen-bond acceptors (Lipinski definition) is 1. The van der Waals surface area contributed by atoms with Crippen molar-refractivity contribution in [1.29, 1.82) is 0 Å². The van der Waals surface area contributed by atoms with Crippen LogP contribution in [-0.4, -0.2) is 10.5 Å². The molecule has 0 amide bonds. The Balaban J connectivity index is 1.99. The maximum Gasteiger partial charge on any atom is 0.189 e. The molecule has 1 aromatic carbocycles. The van der Waals surface area contributed by atoms with Crippen LogP contribution in [0, 0.1) is 0 Å². The zero-order chi connectivity index (χ0) is 15.4. The second-order valence-corrected chi connectivity index (χ2v) is 5.76. The molecule has 6 heteroatoms. The highest BCUT2D eigenvalue weighted by Gasteiger charge is 2.10. The van der Waals surface area contributed by atoms with Crippen molar-refractivity contribution in [2.45, 2.75) is 19.5 Å². The molecule has 0 aliphatic carbocycles. The van der Waals surface area contributed by atoms with Gasteiger partial charge in [-0.05, 0) is 36.2 Å². The van der Waals surface area contributed by atoms with E-state index in [4.69, 9.17) is 28.9 Å². The average Bonchev–Trinajstić information content (AvgIpc) is 2.82. The second kappa shape index (κ2) is 6.87. The molecule has 2 rings (SSSR count). The van der Waals surface area contributed by atoms with E-state index in [0.29, 0.717) is 22.5 Å². The monoisotopic (exact) mass is 324 g/mol. The van der Waals surface area contributed by atoms with Crippen LogP contribution in [0.3, 0.4) is 0 Å². The standard InChI is InChI=1S/C15H18Cl2N4/c1-10(13-4-3-12(16)7-14(13)17)20-15(18)19-8-11-5-6-21(2)9-11/h3-7,9-10H,8H2,1-2H3,(H3,18,19,20). The second-order valence-electron chi connectivity index (χ2n) is 4.92. The molecular weight excluding hydrogens is 307 g/mol. The van der Waals surface area contributed by atoms with Gasteiger partial charge in [0.1, 0.15) is 0 Å². The third-order valence-electron chi connectivity index (χ3n) is 3.12. The van der Waals surface area contributed by atoms with Crippen molar-refractivity contribution in [1.82, 2.24) is 9.88 Å². The summed E-state index contributed by atoms with van der Waals surface area (Å²) in [4.78, 5) is 4.32. The third-order valence-corrected chi connectivity index (χ3v) is 3.68. The first-order chi connectivity index (χ1) is 9.95. The molecule has 1 unspecified atom stereocenters. The minimum absolute atomic E-state index is 0.0470. The molecule has 0 spiro atoms. The summed E-state index contributed by atoms with van der Waals surface area (Å²) in [7, 11) is 1.97. The molecular formula is C15H18Cl2N4. The Morgan fingerprint density at radius 1 is 1.38 bits per heavy atom. The van der Waals surface area contributed by atoms with Gasteiger partial charge in [0.25, 0.3) is 0 Å². The van der Waals surface area contributed by atoms with Crippen molar-refractivity contribution < 1.29 is 0 Å². The Morgan fingerprint density at radius 2 is 2.14 bits per heavy atom. The Labute approximate surface area is 134 Å². The van der Waals surface area contributed by atoms with Crippen molar-refractivity contribution in [2.24, 2.45) is 17.8 Å². The number of halogens is 2. The van der Waals surface area contributed by atoms with Gasteiger partial charge in [0, 0.05) is 29.5 Å². The number of aliphatic imine (C=N–C) groups is 1. The largest absolute Gasteiger partial charge is 0.370 e. The minimum Gasteiger partial charge on any atom is -0.370 e. The van der Waals surface area contributed by atoms with Crippen molar-refractivity contribution >= 4 is 29.2 Å². The maximum atomic E-state index is 6.18. The number of nitrogens with zero attached hydrogens (tertiary/aromatic N) is 2. The van der Waals surface area contributed by atoms with Gasteiger partial charge in [0.2, 0.25) is 0 Å². The zero-order valence-electron chi connectivity index (χ0n) is 12.0. The molecule has 2 aromatic rings. The minimum atomic E-state index is -0.0470. The Kier molecular flexibility index (Phi) is 5.15. The van der Waals surface area contributed by atoms with E-state index in [-0.39, 0.29) is 6.04 Å². The topological polar surface area (TPSA) is 55.3 Å². The van der Waals surface area contributed by atoms with E-state index in [1.54, 1.807) is 12.1 Å². The first kappa shape index (κ1) is 15.7. The Morgan fingerprint density at radius 3 is 2.76 bits per heavy atom. The van der Waals surface area contributed by atoms with Gasteiger partial charge in [0.05, 0.1) is 12.6 Å². The average molecular weight is 325 g/mol. The quantitative estimate of drug-likeness (QED) is 0.668. The molecule has 1 aromatic heterocycles. The van der Waals surface area contributed by atoms with E-state index < -0.39 is 0 Å². The summed E-state index contributed by atoms with van der Waals surface area (Å²) in [6, 6.07) is 7.37. The van der Waals surface area contributed by atoms with Crippen LogP contribution >= 0.6 is 23.2 Å². The zero-order valence-corrected chi connectivity index (χ0v) is 13.5. The number of nitrogens with two attached hydrogens (primary N) is 1. The fraction of sp³-hybridized carbons (Fsp3) is 0.267. The summed E-state index contributed by atoms with van der Waals surface area (Å²) in [6.45, 7) is 2.51. The van der Waals surface area contributed by atoms with Gasteiger partial charge in [-0.25, -0.2) is 4.99 Å². The van der Waals surface area contributed by atoms with Crippen LogP contribution in [0.1, 0.15) is 24.1 Å². The van der Waals surface area contributed by atoms with Gasteiger partial charge in [-0.15, -0.1) is 0 Å². The first-order valence-electron chi connectivity index (χ1n) is 6.58. The van der Waals surface area contributed by atoms with Crippen molar-refractivity contribution in [3.8, 4) is 0 Å². The number of benzene rings is 1. The molecule has 0 radical (unpaired) electrons. The summed E-state index contributed by atoms with van der Waals surface area (Å²) < 4.78 is 1.98. The van der Waals surface area contributed by atoms with Gasteiger partial charge in [-0.3, -0.25) is 0 Å². The summed E-state index contributed by atoms with van der Waals surface area (Å²) in [6.07, 6.45) is 3.99. The van der Waals surface area contributed by atoms with Crippen molar-refractivity contribution in [2.75, 3.05) is 0 Å². The van der Waals surface area contributed by atoms with E-state index in [1.807, 2.05) is 43.1 Å². The summed E-state index contributed by atoms with van der Waals surface area (Å²) in [5, 5.41) is 4.35. The molecule has 112 valence electrons. The fourth-order valence-corrected chi connectivity index (χ4v) is 2.60. The SMILES string of the molecule is CC(NC(N)=NCc1ccn(C)c1)c1ccc(Cl)cc1Cl. The molecule has 1 atom stereocenters. The predicted octanol–water partition coefficient (Wildman–Crippen LogP) is 3.50. The van der Waals surface area contributed by atoms with Crippen LogP contribution in [0.25, 0.3) is 0 Å². The lowest BCUT2D eigenvalue weighted by Crippen LogP contribution is -2.33. The number of guanidine groups is 1. The lowest BCUT2D eigenvalue weighted by atomic mass is 10.1. The molecule has 0 fully saturated rings. The molecule has 0 aliphatic heterocycles. The predicted molar refractivity (Wildman–Crippen MR) is 88.8 cm³/mol. The number of rotatable bonds is 4. The maximum absolute atomic E-state index is 6.18. The van der Waals surface area contributed by atoms with Crippen LogP contribution in [0.15, 0.2) is 41.7 Å². The summed E-state index contributed by atoms with van der Waals surface area (Å²) in [5.41, 5.74) is 7.95. The summed E-state index contributed by atoms with van der Waals surface area (Å²) >= 11 is 12.1. The highest BCUT2D eigenvalue weighted by atomic mass is 35.5. The number of hydrogen-bond donors (Lipinski definition) is 2. The Hall–Kier alpha value is -1.65. The van der Waals surface area contributed by atoms with Crippen LogP contribution in [0.5, 0.6) is 0 Å². The van der Waals surface area contributed by atoms with E-state index in [0.717, 1.165) is 11.1 Å². The highest BCUT2D eigenvalue weighted by Crippen LogP contribution is 2.25. The smallest absolute Gasteiger partial charge is 0.189 e. The van der Waals surface area contributed by atoms with Gasteiger partial charge >= 0.3 is 0 Å². The van der Waals surface area contributed by atoms with Crippen LogP contribution < -0.4 is 11.1 Å². The van der Waals surface area contributed by atoms with E-state index >= 15 is 0 Å². The molecule has 3 N–H and O–H groups in total. The summed E-state index contributed by atoms with van der Waals surface area (Å²) in [5.74, 6) is 0.386. The lowest BCUT2D eigenvalue weighted by molar-refractivity contribution is 0.708. The fourth-order valence-electron chi connectivity index (χ4n) is 2.03. The highest BCUT2D eigenvalue weighted by molar-refractivity contribution is 6.35. The van der Waals surface area contributed by atoms with Crippen molar-refractivity contribution in [3.05, 3.63) is 57.8 Å². The van der Waals surface area contributed by atoms with Crippen LogP contribution in [-0.2, 0) is 13.6 Å². The molecule has 1 heterocycles. The van der Waals surface area contributed by atoms with Gasteiger partial charge in [-0.2, -0.15) is 0 Å². The third kappa shape index (κ3) is 4.41. The Bertz CT molecular complexity index is 649. The first-order valence-corrected chi connectivity index (χ1v) is 7.33. The number of aryl methyl sites for hydroxylation is 1. The van der Waals surface area contributed by atoms with Crippen molar-refractivity contribution in [3.63, 3.8) is 0 Å². The van der Waals surface area contributed by atoms with E-state index in [9.17, 15) is 0 Å². The van der Waals surface area contributed by atoms with Gasteiger partial charge in [0.15, 0.2) is 5.96 Å². The normalized spacial score (nSPS) is 13.2. The van der Waals surface area contributed by atoms with E-state index in [2.05, 4.69) is 10.3 Å². The van der Waals surface area contributed by atoms with Gasteiger partial charge < -0.3 is 15.6 Å². The molecule has 0 bridgehead atoms. The van der Waals surface area contributed by atoms with Crippen LogP contribution in [0.2, 0.25) is 10.0 Å². The van der Waals surface area contributed by atoms with Gasteiger partial charge in [-0.1, -0.05) is 29.3 Å². The number of aromatic nitrogens is 1. The van der Waals surface area contributed by atoms with Crippen LogP contribution in [0.4, 0.5) is 0 Å². The lowest BCUT2D eigenvalue weighted by Gasteiger charge is -2.16. The number of nitrogens with one attached hydrogen (secondary N) is 1. The molecule has 0 saturated heterocycles.